The number of aromatic nitrogens is 1. The highest BCUT2D eigenvalue weighted by Crippen LogP contribution is 2.40. The average Bonchev–Trinajstić information content (AvgIpc) is 3.58. The summed E-state index contributed by atoms with van der Waals surface area (Å²) in [4.78, 5) is 0. The van der Waals surface area contributed by atoms with Crippen LogP contribution >= 0.6 is 0 Å². The first-order chi connectivity index (χ1) is 29.1. The number of hydrogen-bond acceptors (Lipinski definition) is 2. The maximum atomic E-state index is 6.30. The van der Waals surface area contributed by atoms with Gasteiger partial charge in [-0.05, 0) is 176 Å². The lowest BCUT2D eigenvalue weighted by molar-refractivity contribution is 0.233. The van der Waals surface area contributed by atoms with Crippen molar-refractivity contribution in [2.45, 2.75) is 114 Å². The normalized spacial score (nSPS) is 12.6. The lowest BCUT2D eigenvalue weighted by atomic mass is 9.88. The topological polar surface area (TPSA) is 23.4 Å². The van der Waals surface area contributed by atoms with Gasteiger partial charge < -0.3 is 14.0 Å². The summed E-state index contributed by atoms with van der Waals surface area (Å²) in [6.45, 7) is 21.9. The minimum atomic E-state index is 0.606. The van der Waals surface area contributed by atoms with Crippen LogP contribution in [0.4, 0.5) is 0 Å². The molecule has 312 valence electrons. The standard InChI is InChI=1S/C57H67NO2/c1-10-14-16-43(12-3)36-59-50-24-18-45(19-25-50)47-22-28-54-52(34-47)53-35-48(46-20-26-51(27-21-46)60-37-44(13-4)17-15-11-2)23-29-55(53)58(54)49-32-41(8)57(42(9)33-49)56-39(6)30-38(5)31-40(56)7/h18-35,43-44H,10-17,36-37H2,1-9H3. The fourth-order valence-electron chi connectivity index (χ4n) is 9.41. The summed E-state index contributed by atoms with van der Waals surface area (Å²) in [7, 11) is 0. The van der Waals surface area contributed by atoms with Gasteiger partial charge in [-0.25, -0.2) is 0 Å². The first-order valence-electron chi connectivity index (χ1n) is 22.9. The first kappa shape index (κ1) is 42.8. The number of aryl methyl sites for hydroxylation is 5. The molecule has 0 spiro atoms. The molecule has 7 rings (SSSR count). The summed E-state index contributed by atoms with van der Waals surface area (Å²) in [6, 6.07) is 40.8. The molecule has 0 aliphatic rings. The second-order valence-corrected chi connectivity index (χ2v) is 17.5. The summed E-state index contributed by atoms with van der Waals surface area (Å²) >= 11 is 0. The van der Waals surface area contributed by atoms with Crippen molar-refractivity contribution in [1.82, 2.24) is 4.57 Å². The molecule has 0 aliphatic carbocycles. The number of ether oxygens (including phenoxy) is 2. The Bertz CT molecular complexity index is 2370. The highest BCUT2D eigenvalue weighted by atomic mass is 16.5. The summed E-state index contributed by atoms with van der Waals surface area (Å²) in [6.07, 6.45) is 9.76. The summed E-state index contributed by atoms with van der Waals surface area (Å²) < 4.78 is 15.1. The predicted molar refractivity (Wildman–Crippen MR) is 258 cm³/mol. The molecule has 7 aromatic rings. The Morgan fingerprint density at radius 2 is 0.833 bits per heavy atom. The second kappa shape index (κ2) is 19.4. The zero-order chi connectivity index (χ0) is 42.3. The van der Waals surface area contributed by atoms with Crippen LogP contribution in [-0.4, -0.2) is 17.8 Å². The van der Waals surface area contributed by atoms with E-state index in [1.807, 2.05) is 0 Å². The number of hydrogen-bond donors (Lipinski definition) is 0. The first-order valence-corrected chi connectivity index (χ1v) is 22.9. The van der Waals surface area contributed by atoms with Gasteiger partial charge in [-0.2, -0.15) is 0 Å². The van der Waals surface area contributed by atoms with Gasteiger partial charge >= 0.3 is 0 Å². The van der Waals surface area contributed by atoms with E-state index in [-0.39, 0.29) is 0 Å². The van der Waals surface area contributed by atoms with E-state index in [4.69, 9.17) is 9.47 Å². The number of unbranched alkanes of at least 4 members (excludes halogenated alkanes) is 2. The molecule has 60 heavy (non-hydrogen) atoms. The highest BCUT2D eigenvalue weighted by Gasteiger charge is 2.19. The molecular formula is C57H67NO2. The van der Waals surface area contributed by atoms with E-state index in [1.165, 1.54) is 127 Å². The molecular weight excluding hydrogens is 731 g/mol. The van der Waals surface area contributed by atoms with Gasteiger partial charge in [0.15, 0.2) is 0 Å². The van der Waals surface area contributed by atoms with Crippen molar-refractivity contribution < 1.29 is 9.47 Å². The zero-order valence-electron chi connectivity index (χ0n) is 37.9. The minimum absolute atomic E-state index is 0.606. The van der Waals surface area contributed by atoms with Crippen molar-refractivity contribution in [3.05, 3.63) is 137 Å². The Balaban J connectivity index is 1.28. The Morgan fingerprint density at radius 3 is 1.22 bits per heavy atom. The fraction of sp³-hybridized carbons (Fsp3) is 0.368. The van der Waals surface area contributed by atoms with Crippen LogP contribution in [0.15, 0.2) is 109 Å². The van der Waals surface area contributed by atoms with Crippen molar-refractivity contribution in [2.24, 2.45) is 11.8 Å². The van der Waals surface area contributed by atoms with E-state index in [2.05, 4.69) is 176 Å². The van der Waals surface area contributed by atoms with E-state index in [0.29, 0.717) is 11.8 Å². The van der Waals surface area contributed by atoms with Crippen LogP contribution in [0.1, 0.15) is 107 Å². The number of benzene rings is 6. The van der Waals surface area contributed by atoms with E-state index in [0.717, 1.165) is 37.6 Å². The third kappa shape index (κ3) is 9.36. The quantitative estimate of drug-likeness (QED) is 0.0863. The van der Waals surface area contributed by atoms with Crippen molar-refractivity contribution in [2.75, 3.05) is 13.2 Å². The van der Waals surface area contributed by atoms with Crippen LogP contribution in [0, 0.1) is 46.5 Å². The monoisotopic (exact) mass is 798 g/mol. The molecule has 6 aromatic carbocycles. The number of nitrogens with zero attached hydrogens (tertiary/aromatic N) is 1. The number of fused-ring (bicyclic) bond motifs is 3. The van der Waals surface area contributed by atoms with Gasteiger partial charge in [0.2, 0.25) is 0 Å². The van der Waals surface area contributed by atoms with Crippen molar-refractivity contribution in [3.8, 4) is 50.6 Å². The van der Waals surface area contributed by atoms with Gasteiger partial charge in [-0.1, -0.05) is 120 Å². The van der Waals surface area contributed by atoms with Gasteiger partial charge in [0, 0.05) is 16.5 Å². The SMILES string of the molecule is CCCCC(CC)COc1ccc(-c2ccc3c(c2)c2cc(-c4ccc(OCC(CC)CCCC)cc4)ccc2n3-c2cc(C)c(-c3c(C)cc(C)cc3C)c(C)c2)cc1. The second-order valence-electron chi connectivity index (χ2n) is 17.5. The molecule has 0 fully saturated rings. The third-order valence-corrected chi connectivity index (χ3v) is 12.9. The maximum absolute atomic E-state index is 6.30. The molecule has 0 saturated carbocycles. The highest BCUT2D eigenvalue weighted by molar-refractivity contribution is 6.11. The lowest BCUT2D eigenvalue weighted by Gasteiger charge is -2.19. The Hall–Kier alpha value is -5.28. The van der Waals surface area contributed by atoms with Crippen LogP contribution in [0.3, 0.4) is 0 Å². The van der Waals surface area contributed by atoms with Gasteiger partial charge in [-0.15, -0.1) is 0 Å². The maximum Gasteiger partial charge on any atom is 0.119 e. The Morgan fingerprint density at radius 1 is 0.450 bits per heavy atom. The van der Waals surface area contributed by atoms with E-state index in [9.17, 15) is 0 Å². The van der Waals surface area contributed by atoms with Gasteiger partial charge in [0.25, 0.3) is 0 Å². The molecule has 0 bridgehead atoms. The van der Waals surface area contributed by atoms with E-state index in [1.54, 1.807) is 0 Å². The zero-order valence-corrected chi connectivity index (χ0v) is 37.9. The predicted octanol–water partition coefficient (Wildman–Crippen LogP) is 16.5. The van der Waals surface area contributed by atoms with Crippen LogP contribution in [-0.2, 0) is 0 Å². The molecule has 2 atom stereocenters. The van der Waals surface area contributed by atoms with Crippen LogP contribution in [0.25, 0.3) is 60.9 Å². The van der Waals surface area contributed by atoms with Crippen molar-refractivity contribution in [3.63, 3.8) is 0 Å². The fourth-order valence-corrected chi connectivity index (χ4v) is 9.41. The van der Waals surface area contributed by atoms with Crippen LogP contribution in [0.5, 0.6) is 11.5 Å². The average molecular weight is 798 g/mol. The molecule has 0 radical (unpaired) electrons. The van der Waals surface area contributed by atoms with Gasteiger partial charge in [0.05, 0.1) is 24.2 Å². The molecule has 0 N–H and O–H groups in total. The molecule has 0 aliphatic heterocycles. The molecule has 3 heteroatoms. The third-order valence-electron chi connectivity index (χ3n) is 12.9. The largest absolute Gasteiger partial charge is 0.493 e. The Labute approximate surface area is 360 Å². The van der Waals surface area contributed by atoms with Crippen molar-refractivity contribution in [1.29, 1.82) is 0 Å². The molecule has 2 unspecified atom stereocenters. The van der Waals surface area contributed by atoms with Crippen molar-refractivity contribution >= 4 is 21.8 Å². The minimum Gasteiger partial charge on any atom is -0.493 e. The van der Waals surface area contributed by atoms with Gasteiger partial charge in [0.1, 0.15) is 11.5 Å². The van der Waals surface area contributed by atoms with E-state index < -0.39 is 0 Å². The van der Waals surface area contributed by atoms with E-state index >= 15 is 0 Å². The lowest BCUT2D eigenvalue weighted by Crippen LogP contribution is -2.11. The molecule has 1 heterocycles. The molecule has 0 saturated heterocycles. The smallest absolute Gasteiger partial charge is 0.119 e. The molecule has 1 aromatic heterocycles. The van der Waals surface area contributed by atoms with Crippen LogP contribution < -0.4 is 9.47 Å². The number of rotatable bonds is 18. The van der Waals surface area contributed by atoms with Crippen LogP contribution in [0.2, 0.25) is 0 Å². The Kier molecular flexibility index (Phi) is 13.9. The molecule has 3 nitrogen and oxygen atoms in total. The summed E-state index contributed by atoms with van der Waals surface area (Å²) in [5.41, 5.74) is 17.6. The molecule has 0 amide bonds. The summed E-state index contributed by atoms with van der Waals surface area (Å²) in [5.74, 6) is 3.10. The summed E-state index contributed by atoms with van der Waals surface area (Å²) in [5, 5.41) is 2.49. The van der Waals surface area contributed by atoms with Gasteiger partial charge in [-0.3, -0.25) is 0 Å².